The van der Waals surface area contributed by atoms with Gasteiger partial charge in [-0.15, -0.1) is 0 Å². The van der Waals surface area contributed by atoms with E-state index in [1.54, 1.807) is 0 Å². The molecule has 0 aromatic heterocycles. The first-order valence-electron chi connectivity index (χ1n) is 5.79. The zero-order chi connectivity index (χ0) is 12.6. The molecule has 0 saturated carbocycles. The molecule has 0 rings (SSSR count). The Morgan fingerprint density at radius 2 is 1.88 bits per heavy atom. The van der Waals surface area contributed by atoms with Gasteiger partial charge in [0.2, 0.25) is 0 Å². The minimum absolute atomic E-state index is 0.00635. The molecule has 0 aliphatic heterocycles. The second kappa shape index (κ2) is 8.00. The van der Waals surface area contributed by atoms with E-state index in [9.17, 15) is 8.42 Å². The zero-order valence-electron chi connectivity index (χ0n) is 10.4. The lowest BCUT2D eigenvalue weighted by atomic mass is 10.0. The highest BCUT2D eigenvalue weighted by Gasteiger charge is 2.17. The highest BCUT2D eigenvalue weighted by atomic mass is 32.2. The van der Waals surface area contributed by atoms with Crippen LogP contribution in [-0.4, -0.2) is 44.6 Å². The molecule has 6 heteroatoms. The first-order chi connectivity index (χ1) is 7.47. The van der Waals surface area contributed by atoms with Crippen molar-refractivity contribution < 1.29 is 13.5 Å². The third-order valence-electron chi connectivity index (χ3n) is 2.75. The maximum Gasteiger partial charge on any atom is 0.279 e. The third kappa shape index (κ3) is 5.79. The molecule has 2 N–H and O–H groups in total. The van der Waals surface area contributed by atoms with Crippen molar-refractivity contribution in [2.24, 2.45) is 5.92 Å². The summed E-state index contributed by atoms with van der Waals surface area (Å²) in [6.07, 6.45) is 2.40. The second-order valence-corrected chi connectivity index (χ2v) is 5.80. The zero-order valence-corrected chi connectivity index (χ0v) is 11.3. The Hall–Kier alpha value is -0.170. The summed E-state index contributed by atoms with van der Waals surface area (Å²) >= 11 is 0. The maximum atomic E-state index is 11.7. The third-order valence-corrected chi connectivity index (χ3v) is 4.29. The number of nitrogens with one attached hydrogen (secondary N) is 1. The molecule has 0 unspecified atom stereocenters. The molecule has 5 nitrogen and oxygen atoms in total. The van der Waals surface area contributed by atoms with Gasteiger partial charge in [0.05, 0.1) is 0 Å². The number of hydrogen-bond donors (Lipinski definition) is 2. The van der Waals surface area contributed by atoms with Crippen molar-refractivity contribution in [1.29, 1.82) is 0 Å². The van der Waals surface area contributed by atoms with Crippen LogP contribution in [0.4, 0.5) is 0 Å². The van der Waals surface area contributed by atoms with E-state index in [0.29, 0.717) is 25.4 Å². The Morgan fingerprint density at radius 1 is 1.31 bits per heavy atom. The van der Waals surface area contributed by atoms with Crippen LogP contribution in [-0.2, 0) is 10.2 Å². The van der Waals surface area contributed by atoms with Crippen molar-refractivity contribution in [1.82, 2.24) is 9.03 Å². The summed E-state index contributed by atoms with van der Waals surface area (Å²) in [5.41, 5.74) is 0. The molecule has 0 atom stereocenters. The summed E-state index contributed by atoms with van der Waals surface area (Å²) in [5.74, 6) is 0.390. The Bertz CT molecular complexity index is 263. The van der Waals surface area contributed by atoms with Gasteiger partial charge in [0.25, 0.3) is 10.2 Å². The van der Waals surface area contributed by atoms with Gasteiger partial charge < -0.3 is 5.11 Å². The number of nitrogens with zero attached hydrogens (tertiary/aromatic N) is 1. The van der Waals surface area contributed by atoms with Gasteiger partial charge in [-0.25, -0.2) is 4.72 Å². The van der Waals surface area contributed by atoms with E-state index in [1.807, 2.05) is 0 Å². The van der Waals surface area contributed by atoms with Gasteiger partial charge in [-0.1, -0.05) is 26.7 Å². The molecule has 16 heavy (non-hydrogen) atoms. The average molecular weight is 252 g/mol. The largest absolute Gasteiger partial charge is 0.396 e. The number of aliphatic hydroxyl groups excluding tert-OH is 1. The Balaban J connectivity index is 4.13. The van der Waals surface area contributed by atoms with E-state index in [4.69, 9.17) is 5.11 Å². The molecule has 0 amide bonds. The van der Waals surface area contributed by atoms with Gasteiger partial charge in [-0.3, -0.25) is 0 Å². The molecule has 0 aliphatic rings. The van der Waals surface area contributed by atoms with E-state index in [-0.39, 0.29) is 6.61 Å². The summed E-state index contributed by atoms with van der Waals surface area (Å²) < 4.78 is 27.2. The monoisotopic (exact) mass is 252 g/mol. The molecular formula is C10H24N2O3S. The molecular weight excluding hydrogens is 228 g/mol. The number of hydrogen-bond acceptors (Lipinski definition) is 3. The molecule has 0 heterocycles. The minimum Gasteiger partial charge on any atom is -0.396 e. The van der Waals surface area contributed by atoms with Gasteiger partial charge in [0.15, 0.2) is 0 Å². The van der Waals surface area contributed by atoms with Crippen LogP contribution < -0.4 is 4.72 Å². The quantitative estimate of drug-likeness (QED) is 0.630. The van der Waals surface area contributed by atoms with E-state index in [1.165, 1.54) is 11.4 Å². The molecule has 0 aliphatic carbocycles. The van der Waals surface area contributed by atoms with Gasteiger partial charge in [0, 0.05) is 26.7 Å². The Morgan fingerprint density at radius 3 is 2.31 bits per heavy atom. The van der Waals surface area contributed by atoms with Gasteiger partial charge in [-0.2, -0.15) is 12.7 Å². The standard InChI is InChI=1S/C10H24N2O3S/c1-4-10(5-2)9-11-16(14,15)12(3)7-6-8-13/h10-11,13H,4-9H2,1-3H3. The van der Waals surface area contributed by atoms with Crippen molar-refractivity contribution in [3.63, 3.8) is 0 Å². The normalized spacial score (nSPS) is 12.6. The number of aliphatic hydroxyl groups is 1. The first kappa shape index (κ1) is 15.8. The predicted octanol–water partition coefficient (Wildman–Crippen LogP) is 0.571. The second-order valence-electron chi connectivity index (χ2n) is 3.93. The average Bonchev–Trinajstić information content (AvgIpc) is 2.27. The van der Waals surface area contributed by atoms with Crippen molar-refractivity contribution in [3.8, 4) is 0 Å². The molecule has 0 aromatic carbocycles. The molecule has 0 saturated heterocycles. The lowest BCUT2D eigenvalue weighted by Crippen LogP contribution is -2.40. The molecule has 0 fully saturated rings. The van der Waals surface area contributed by atoms with Crippen LogP contribution in [0.3, 0.4) is 0 Å². The van der Waals surface area contributed by atoms with E-state index < -0.39 is 10.2 Å². The molecule has 98 valence electrons. The maximum absolute atomic E-state index is 11.7. The van der Waals surface area contributed by atoms with Crippen LogP contribution in [0.15, 0.2) is 0 Å². The fourth-order valence-electron chi connectivity index (χ4n) is 1.32. The van der Waals surface area contributed by atoms with Crippen LogP contribution in [0.5, 0.6) is 0 Å². The van der Waals surface area contributed by atoms with Crippen LogP contribution in [0, 0.1) is 5.92 Å². The van der Waals surface area contributed by atoms with Gasteiger partial charge >= 0.3 is 0 Å². The molecule has 0 bridgehead atoms. The van der Waals surface area contributed by atoms with Crippen LogP contribution in [0.2, 0.25) is 0 Å². The smallest absolute Gasteiger partial charge is 0.279 e. The summed E-state index contributed by atoms with van der Waals surface area (Å²) in [4.78, 5) is 0. The minimum atomic E-state index is -3.38. The lowest BCUT2D eigenvalue weighted by molar-refractivity contribution is 0.275. The van der Waals surface area contributed by atoms with Crippen LogP contribution >= 0.6 is 0 Å². The van der Waals surface area contributed by atoms with Gasteiger partial charge in [-0.05, 0) is 12.3 Å². The lowest BCUT2D eigenvalue weighted by Gasteiger charge is -2.19. The highest BCUT2D eigenvalue weighted by Crippen LogP contribution is 2.06. The van der Waals surface area contributed by atoms with Gasteiger partial charge in [0.1, 0.15) is 0 Å². The van der Waals surface area contributed by atoms with Crippen molar-refractivity contribution >= 4 is 10.2 Å². The van der Waals surface area contributed by atoms with E-state index in [2.05, 4.69) is 18.6 Å². The van der Waals surface area contributed by atoms with Crippen LogP contribution in [0.1, 0.15) is 33.1 Å². The Kier molecular flexibility index (Phi) is 7.91. The highest BCUT2D eigenvalue weighted by molar-refractivity contribution is 7.87. The summed E-state index contributed by atoms with van der Waals surface area (Å²) in [6.45, 7) is 4.94. The fourth-order valence-corrected chi connectivity index (χ4v) is 2.36. The van der Waals surface area contributed by atoms with Crippen molar-refractivity contribution in [2.45, 2.75) is 33.1 Å². The fraction of sp³-hybridized carbons (Fsp3) is 1.00. The predicted molar refractivity (Wildman–Crippen MR) is 65.3 cm³/mol. The van der Waals surface area contributed by atoms with Crippen molar-refractivity contribution in [3.05, 3.63) is 0 Å². The first-order valence-corrected chi connectivity index (χ1v) is 7.23. The molecule has 0 radical (unpaired) electrons. The topological polar surface area (TPSA) is 69.6 Å². The Labute approximate surface area is 99.0 Å². The number of rotatable bonds is 9. The summed E-state index contributed by atoms with van der Waals surface area (Å²) in [7, 11) is -1.86. The molecule has 0 spiro atoms. The van der Waals surface area contributed by atoms with Crippen LogP contribution in [0.25, 0.3) is 0 Å². The van der Waals surface area contributed by atoms with E-state index in [0.717, 1.165) is 12.8 Å². The van der Waals surface area contributed by atoms with E-state index >= 15 is 0 Å². The SMILES string of the molecule is CCC(CC)CNS(=O)(=O)N(C)CCCO. The molecule has 0 aromatic rings. The summed E-state index contributed by atoms with van der Waals surface area (Å²) in [6, 6.07) is 0. The summed E-state index contributed by atoms with van der Waals surface area (Å²) in [5, 5.41) is 8.63. The van der Waals surface area contributed by atoms with Crippen molar-refractivity contribution in [2.75, 3.05) is 26.7 Å².